The molecule has 1 fully saturated rings. The highest BCUT2D eigenvalue weighted by atomic mass is 16.3. The molecule has 0 bridgehead atoms. The van der Waals surface area contributed by atoms with Crippen LogP contribution in [-0.4, -0.2) is 28.5 Å². The SMILES string of the molecule is CC(=O)C1(O)CC[C@H]1N=C(N)N. The smallest absolute Gasteiger partial charge is 0.186 e. The first-order chi connectivity index (χ1) is 5.47. The van der Waals surface area contributed by atoms with Gasteiger partial charge in [0, 0.05) is 0 Å². The Kier molecular flexibility index (Phi) is 2.06. The third kappa shape index (κ3) is 1.27. The maximum atomic E-state index is 10.9. The topological polar surface area (TPSA) is 102 Å². The molecule has 5 nitrogen and oxygen atoms in total. The molecule has 68 valence electrons. The molecule has 0 radical (unpaired) electrons. The Morgan fingerprint density at radius 1 is 1.67 bits per heavy atom. The van der Waals surface area contributed by atoms with Crippen LogP contribution in [-0.2, 0) is 4.79 Å². The minimum Gasteiger partial charge on any atom is -0.380 e. The highest BCUT2D eigenvalue weighted by molar-refractivity contribution is 5.87. The highest BCUT2D eigenvalue weighted by Gasteiger charge is 2.49. The van der Waals surface area contributed by atoms with E-state index in [0.717, 1.165) is 0 Å². The maximum Gasteiger partial charge on any atom is 0.186 e. The van der Waals surface area contributed by atoms with Crippen molar-refractivity contribution in [2.45, 2.75) is 31.4 Å². The van der Waals surface area contributed by atoms with Gasteiger partial charge in [-0.3, -0.25) is 4.79 Å². The Bertz CT molecular complexity index is 235. The normalized spacial score (nSPS) is 33.7. The van der Waals surface area contributed by atoms with Gasteiger partial charge < -0.3 is 16.6 Å². The Hall–Kier alpha value is -1.10. The molecule has 1 aliphatic carbocycles. The fourth-order valence-electron chi connectivity index (χ4n) is 1.31. The van der Waals surface area contributed by atoms with Crippen LogP contribution in [0.2, 0.25) is 0 Å². The molecule has 0 aromatic heterocycles. The summed E-state index contributed by atoms with van der Waals surface area (Å²) >= 11 is 0. The molecule has 0 heterocycles. The van der Waals surface area contributed by atoms with Crippen LogP contribution in [0, 0.1) is 0 Å². The zero-order chi connectivity index (χ0) is 9.35. The van der Waals surface area contributed by atoms with Crippen LogP contribution in [0.5, 0.6) is 0 Å². The highest BCUT2D eigenvalue weighted by Crippen LogP contribution is 2.35. The van der Waals surface area contributed by atoms with E-state index in [1.165, 1.54) is 6.92 Å². The van der Waals surface area contributed by atoms with Crippen LogP contribution in [0.15, 0.2) is 4.99 Å². The number of aliphatic imine (C=N–C) groups is 1. The number of Topliss-reactive ketones (excluding diaryl/α,β-unsaturated/α-hetero) is 1. The van der Waals surface area contributed by atoms with Gasteiger partial charge in [0.2, 0.25) is 0 Å². The second-order valence-corrected chi connectivity index (χ2v) is 3.09. The van der Waals surface area contributed by atoms with E-state index >= 15 is 0 Å². The van der Waals surface area contributed by atoms with Crippen molar-refractivity contribution in [1.82, 2.24) is 0 Å². The standard InChI is InChI=1S/C7H13N3O2/c1-4(11)7(12)3-2-5(7)10-6(8)9/h5,12H,2-3H2,1H3,(H4,8,9,10)/t5-,7?/m1/s1. The summed E-state index contributed by atoms with van der Waals surface area (Å²) in [7, 11) is 0. The minimum absolute atomic E-state index is 0.0839. The largest absolute Gasteiger partial charge is 0.380 e. The summed E-state index contributed by atoms with van der Waals surface area (Å²) in [5.41, 5.74) is 8.94. The fourth-order valence-corrected chi connectivity index (χ4v) is 1.31. The first-order valence-electron chi connectivity index (χ1n) is 3.79. The second kappa shape index (κ2) is 2.75. The Labute approximate surface area is 70.5 Å². The van der Waals surface area contributed by atoms with Crippen LogP contribution in [0.4, 0.5) is 0 Å². The molecule has 5 heteroatoms. The zero-order valence-corrected chi connectivity index (χ0v) is 6.95. The number of carbonyl (C=O) groups is 1. The monoisotopic (exact) mass is 171 g/mol. The van der Waals surface area contributed by atoms with Gasteiger partial charge >= 0.3 is 0 Å². The molecule has 1 rings (SSSR count). The van der Waals surface area contributed by atoms with E-state index in [1.54, 1.807) is 0 Å². The summed E-state index contributed by atoms with van der Waals surface area (Å²) < 4.78 is 0. The van der Waals surface area contributed by atoms with Gasteiger partial charge in [-0.2, -0.15) is 0 Å². The summed E-state index contributed by atoms with van der Waals surface area (Å²) in [4.78, 5) is 14.7. The molecular formula is C7H13N3O2. The number of hydrogen-bond acceptors (Lipinski definition) is 3. The van der Waals surface area contributed by atoms with Crippen molar-refractivity contribution in [3.63, 3.8) is 0 Å². The summed E-state index contributed by atoms with van der Waals surface area (Å²) in [6, 6.07) is -0.444. The van der Waals surface area contributed by atoms with E-state index < -0.39 is 11.6 Å². The predicted octanol–water partition coefficient (Wildman–Crippen LogP) is -1.26. The van der Waals surface area contributed by atoms with Gasteiger partial charge in [0.05, 0.1) is 6.04 Å². The second-order valence-electron chi connectivity index (χ2n) is 3.09. The molecule has 1 saturated carbocycles. The quantitative estimate of drug-likeness (QED) is 0.356. The van der Waals surface area contributed by atoms with Gasteiger partial charge in [0.25, 0.3) is 0 Å². The number of guanidine groups is 1. The van der Waals surface area contributed by atoms with E-state index in [9.17, 15) is 9.90 Å². The third-order valence-corrected chi connectivity index (χ3v) is 2.26. The van der Waals surface area contributed by atoms with Gasteiger partial charge in [-0.05, 0) is 19.8 Å². The van der Waals surface area contributed by atoms with Crippen molar-refractivity contribution in [3.8, 4) is 0 Å². The number of hydrogen-bond donors (Lipinski definition) is 3. The molecule has 12 heavy (non-hydrogen) atoms. The number of carbonyl (C=O) groups excluding carboxylic acids is 1. The summed E-state index contributed by atoms with van der Waals surface area (Å²) in [6.45, 7) is 1.34. The third-order valence-electron chi connectivity index (χ3n) is 2.26. The zero-order valence-electron chi connectivity index (χ0n) is 6.95. The molecular weight excluding hydrogens is 158 g/mol. The molecule has 0 saturated heterocycles. The van der Waals surface area contributed by atoms with Crippen LogP contribution in [0.1, 0.15) is 19.8 Å². The van der Waals surface area contributed by atoms with E-state index in [0.29, 0.717) is 12.8 Å². The van der Waals surface area contributed by atoms with Gasteiger partial charge in [0.15, 0.2) is 11.7 Å². The van der Waals surface area contributed by atoms with Crippen molar-refractivity contribution in [2.24, 2.45) is 16.5 Å². The van der Waals surface area contributed by atoms with Crippen LogP contribution in [0.25, 0.3) is 0 Å². The van der Waals surface area contributed by atoms with Crippen LogP contribution in [0.3, 0.4) is 0 Å². The predicted molar refractivity (Wildman–Crippen MR) is 44.5 cm³/mol. The summed E-state index contributed by atoms with van der Waals surface area (Å²) in [6.07, 6.45) is 1.11. The lowest BCUT2D eigenvalue weighted by Crippen LogP contribution is -2.56. The maximum absolute atomic E-state index is 10.9. The number of nitrogens with zero attached hydrogens (tertiary/aromatic N) is 1. The minimum atomic E-state index is -1.32. The molecule has 1 unspecified atom stereocenters. The number of ketones is 1. The molecule has 0 aromatic rings. The number of rotatable bonds is 2. The molecule has 0 aromatic carbocycles. The first kappa shape index (κ1) is 8.99. The van der Waals surface area contributed by atoms with Crippen LogP contribution >= 0.6 is 0 Å². The van der Waals surface area contributed by atoms with Gasteiger partial charge in [-0.25, -0.2) is 4.99 Å². The molecule has 0 amide bonds. The Morgan fingerprint density at radius 3 is 2.50 bits per heavy atom. The lowest BCUT2D eigenvalue weighted by Gasteiger charge is -2.40. The van der Waals surface area contributed by atoms with Gasteiger partial charge in [0.1, 0.15) is 5.60 Å². The first-order valence-corrected chi connectivity index (χ1v) is 3.79. The lowest BCUT2D eigenvalue weighted by atomic mass is 9.73. The van der Waals surface area contributed by atoms with Crippen molar-refractivity contribution in [2.75, 3.05) is 0 Å². The summed E-state index contributed by atoms with van der Waals surface area (Å²) in [5.74, 6) is -0.358. The van der Waals surface area contributed by atoms with Gasteiger partial charge in [-0.15, -0.1) is 0 Å². The molecule has 1 aliphatic rings. The van der Waals surface area contributed by atoms with E-state index in [4.69, 9.17) is 11.5 Å². The van der Waals surface area contributed by atoms with Crippen molar-refractivity contribution < 1.29 is 9.90 Å². The number of aliphatic hydroxyl groups is 1. The lowest BCUT2D eigenvalue weighted by molar-refractivity contribution is -0.146. The molecule has 0 spiro atoms. The Balaban J connectivity index is 2.72. The van der Waals surface area contributed by atoms with E-state index in [2.05, 4.69) is 4.99 Å². The fraction of sp³-hybridized carbons (Fsp3) is 0.714. The molecule has 2 atom stereocenters. The van der Waals surface area contributed by atoms with E-state index in [-0.39, 0.29) is 11.7 Å². The van der Waals surface area contributed by atoms with Crippen molar-refractivity contribution in [1.29, 1.82) is 0 Å². The van der Waals surface area contributed by atoms with Crippen LogP contribution < -0.4 is 11.5 Å². The van der Waals surface area contributed by atoms with Crippen molar-refractivity contribution in [3.05, 3.63) is 0 Å². The molecule has 5 N–H and O–H groups in total. The summed E-state index contributed by atoms with van der Waals surface area (Å²) in [5, 5.41) is 9.63. The van der Waals surface area contributed by atoms with Gasteiger partial charge in [-0.1, -0.05) is 0 Å². The molecule has 0 aliphatic heterocycles. The average molecular weight is 171 g/mol. The van der Waals surface area contributed by atoms with E-state index in [1.807, 2.05) is 0 Å². The number of nitrogens with two attached hydrogens (primary N) is 2. The average Bonchev–Trinajstić information content (AvgIpc) is 1.96. The Morgan fingerprint density at radius 2 is 2.25 bits per heavy atom. The van der Waals surface area contributed by atoms with Crippen molar-refractivity contribution >= 4 is 11.7 Å².